The summed E-state index contributed by atoms with van der Waals surface area (Å²) in [6.45, 7) is 0. The SMILES string of the molecule is COC(=O)c1ccc(NC(=O)CC2CCSCC2)cc1. The molecular formula is C15H19NO3S. The van der Waals surface area contributed by atoms with Crippen molar-refractivity contribution in [2.75, 3.05) is 23.9 Å². The van der Waals surface area contributed by atoms with Crippen molar-refractivity contribution >= 4 is 29.3 Å². The molecule has 1 heterocycles. The summed E-state index contributed by atoms with van der Waals surface area (Å²) >= 11 is 1.96. The van der Waals surface area contributed by atoms with E-state index >= 15 is 0 Å². The zero-order valence-corrected chi connectivity index (χ0v) is 12.4. The van der Waals surface area contributed by atoms with Crippen LogP contribution in [0.5, 0.6) is 0 Å². The highest BCUT2D eigenvalue weighted by Gasteiger charge is 2.17. The number of thioether (sulfide) groups is 1. The minimum Gasteiger partial charge on any atom is -0.465 e. The van der Waals surface area contributed by atoms with Crippen molar-refractivity contribution in [1.29, 1.82) is 0 Å². The standard InChI is InChI=1S/C15H19NO3S/c1-19-15(18)12-2-4-13(5-3-12)16-14(17)10-11-6-8-20-9-7-11/h2-5,11H,6-10H2,1H3,(H,16,17). The van der Waals surface area contributed by atoms with Crippen molar-refractivity contribution in [2.24, 2.45) is 5.92 Å². The molecule has 20 heavy (non-hydrogen) atoms. The van der Waals surface area contributed by atoms with Crippen LogP contribution in [-0.4, -0.2) is 30.5 Å². The summed E-state index contributed by atoms with van der Waals surface area (Å²) in [4.78, 5) is 23.2. The Hall–Kier alpha value is -1.49. The fourth-order valence-electron chi connectivity index (χ4n) is 2.23. The predicted molar refractivity (Wildman–Crippen MR) is 81.1 cm³/mol. The van der Waals surface area contributed by atoms with Crippen molar-refractivity contribution in [2.45, 2.75) is 19.3 Å². The molecule has 1 aliphatic rings. The van der Waals surface area contributed by atoms with Gasteiger partial charge in [-0.2, -0.15) is 11.8 Å². The van der Waals surface area contributed by atoms with Gasteiger partial charge in [0.1, 0.15) is 0 Å². The van der Waals surface area contributed by atoms with Crippen molar-refractivity contribution in [3.8, 4) is 0 Å². The molecule has 0 aromatic heterocycles. The van der Waals surface area contributed by atoms with Gasteiger partial charge in [0, 0.05) is 12.1 Å². The number of ether oxygens (including phenoxy) is 1. The van der Waals surface area contributed by atoms with E-state index in [1.807, 2.05) is 11.8 Å². The highest BCUT2D eigenvalue weighted by atomic mass is 32.2. The number of amides is 1. The van der Waals surface area contributed by atoms with E-state index in [-0.39, 0.29) is 11.9 Å². The Labute approximate surface area is 123 Å². The summed E-state index contributed by atoms with van der Waals surface area (Å²) in [7, 11) is 1.35. The smallest absolute Gasteiger partial charge is 0.337 e. The minimum absolute atomic E-state index is 0.0488. The van der Waals surface area contributed by atoms with Gasteiger partial charge in [0.05, 0.1) is 12.7 Å². The first kappa shape index (κ1) is 14.9. The third kappa shape index (κ3) is 4.27. The fourth-order valence-corrected chi connectivity index (χ4v) is 3.44. The van der Waals surface area contributed by atoms with E-state index in [1.54, 1.807) is 24.3 Å². The predicted octanol–water partition coefficient (Wildman–Crippen LogP) is 2.95. The number of anilines is 1. The average molecular weight is 293 g/mol. The normalized spacial score (nSPS) is 15.7. The third-order valence-electron chi connectivity index (χ3n) is 3.40. The monoisotopic (exact) mass is 293 g/mol. The molecular weight excluding hydrogens is 274 g/mol. The van der Waals surface area contributed by atoms with Crippen molar-refractivity contribution < 1.29 is 14.3 Å². The highest BCUT2D eigenvalue weighted by Crippen LogP contribution is 2.25. The molecule has 0 unspecified atom stereocenters. The van der Waals surface area contributed by atoms with E-state index in [1.165, 1.54) is 7.11 Å². The number of hydrogen-bond acceptors (Lipinski definition) is 4. The van der Waals surface area contributed by atoms with Crippen LogP contribution >= 0.6 is 11.8 Å². The van der Waals surface area contributed by atoms with Gasteiger partial charge in [-0.25, -0.2) is 4.79 Å². The second kappa shape index (κ2) is 7.33. The zero-order chi connectivity index (χ0) is 14.4. The van der Waals surface area contributed by atoms with Crippen molar-refractivity contribution in [3.63, 3.8) is 0 Å². The molecule has 0 aliphatic carbocycles. The van der Waals surface area contributed by atoms with Gasteiger partial charge in [-0.15, -0.1) is 0 Å². The number of carbonyl (C=O) groups excluding carboxylic acids is 2. The quantitative estimate of drug-likeness (QED) is 0.867. The summed E-state index contributed by atoms with van der Waals surface area (Å²) < 4.78 is 4.63. The third-order valence-corrected chi connectivity index (χ3v) is 4.45. The Morgan fingerprint density at radius 2 is 1.90 bits per heavy atom. The molecule has 0 radical (unpaired) electrons. The van der Waals surface area contributed by atoms with Gasteiger partial charge < -0.3 is 10.1 Å². The summed E-state index contributed by atoms with van der Waals surface area (Å²) in [5.41, 5.74) is 1.20. The largest absolute Gasteiger partial charge is 0.465 e. The molecule has 0 saturated carbocycles. The average Bonchev–Trinajstić information content (AvgIpc) is 2.48. The molecule has 1 fully saturated rings. The van der Waals surface area contributed by atoms with Gasteiger partial charge in [-0.05, 0) is 54.5 Å². The number of methoxy groups -OCH3 is 1. The second-order valence-electron chi connectivity index (χ2n) is 4.88. The van der Waals surface area contributed by atoms with Crippen LogP contribution in [0, 0.1) is 5.92 Å². The maximum atomic E-state index is 11.9. The maximum Gasteiger partial charge on any atom is 0.337 e. The number of nitrogens with one attached hydrogen (secondary N) is 1. The number of hydrogen-bond donors (Lipinski definition) is 1. The Bertz CT molecular complexity index is 467. The molecule has 2 rings (SSSR count). The number of rotatable bonds is 4. The lowest BCUT2D eigenvalue weighted by Crippen LogP contribution is -2.19. The summed E-state index contributed by atoms with van der Waals surface area (Å²) in [6.07, 6.45) is 2.83. The van der Waals surface area contributed by atoms with Crippen LogP contribution in [0.1, 0.15) is 29.6 Å². The van der Waals surface area contributed by atoms with E-state index in [4.69, 9.17) is 0 Å². The van der Waals surface area contributed by atoms with E-state index < -0.39 is 0 Å². The van der Waals surface area contributed by atoms with Crippen LogP contribution in [0.3, 0.4) is 0 Å². The molecule has 1 aromatic carbocycles. The van der Waals surface area contributed by atoms with Gasteiger partial charge in [0.25, 0.3) is 0 Å². The lowest BCUT2D eigenvalue weighted by Gasteiger charge is -2.20. The summed E-state index contributed by atoms with van der Waals surface area (Å²) in [5.74, 6) is 2.50. The van der Waals surface area contributed by atoms with Gasteiger partial charge in [-0.3, -0.25) is 4.79 Å². The van der Waals surface area contributed by atoms with Crippen LogP contribution in [0.15, 0.2) is 24.3 Å². The fraction of sp³-hybridized carbons (Fsp3) is 0.467. The van der Waals surface area contributed by atoms with Crippen molar-refractivity contribution in [3.05, 3.63) is 29.8 Å². The van der Waals surface area contributed by atoms with Crippen LogP contribution < -0.4 is 5.32 Å². The molecule has 5 heteroatoms. The first-order valence-corrected chi connectivity index (χ1v) is 7.90. The molecule has 0 atom stereocenters. The number of benzene rings is 1. The minimum atomic E-state index is -0.373. The van der Waals surface area contributed by atoms with Gasteiger partial charge in [0.15, 0.2) is 0 Å². The molecule has 1 aliphatic heterocycles. The van der Waals surface area contributed by atoms with E-state index in [0.29, 0.717) is 23.6 Å². The molecule has 108 valence electrons. The maximum absolute atomic E-state index is 11.9. The van der Waals surface area contributed by atoms with Gasteiger partial charge in [-0.1, -0.05) is 0 Å². The Balaban J connectivity index is 1.85. The first-order valence-electron chi connectivity index (χ1n) is 6.75. The Morgan fingerprint density at radius 1 is 1.25 bits per heavy atom. The van der Waals surface area contributed by atoms with Crippen LogP contribution in [0.4, 0.5) is 5.69 Å². The van der Waals surface area contributed by atoms with Crippen LogP contribution in [0.25, 0.3) is 0 Å². The molecule has 0 bridgehead atoms. The Morgan fingerprint density at radius 3 is 2.50 bits per heavy atom. The summed E-state index contributed by atoms with van der Waals surface area (Å²) in [5, 5.41) is 2.88. The van der Waals surface area contributed by atoms with E-state index in [0.717, 1.165) is 24.3 Å². The molecule has 4 nitrogen and oxygen atoms in total. The number of esters is 1. The molecule has 1 amide bonds. The van der Waals surface area contributed by atoms with Crippen LogP contribution in [-0.2, 0) is 9.53 Å². The zero-order valence-electron chi connectivity index (χ0n) is 11.6. The Kier molecular flexibility index (Phi) is 5.47. The molecule has 0 spiro atoms. The highest BCUT2D eigenvalue weighted by molar-refractivity contribution is 7.99. The molecule has 1 N–H and O–H groups in total. The van der Waals surface area contributed by atoms with E-state index in [2.05, 4.69) is 10.1 Å². The summed E-state index contributed by atoms with van der Waals surface area (Å²) in [6, 6.07) is 6.75. The van der Waals surface area contributed by atoms with Crippen molar-refractivity contribution in [1.82, 2.24) is 0 Å². The van der Waals surface area contributed by atoms with Crippen LogP contribution in [0.2, 0.25) is 0 Å². The molecule has 1 saturated heterocycles. The second-order valence-corrected chi connectivity index (χ2v) is 6.10. The van der Waals surface area contributed by atoms with E-state index in [9.17, 15) is 9.59 Å². The van der Waals surface area contributed by atoms with Gasteiger partial charge in [0.2, 0.25) is 5.91 Å². The topological polar surface area (TPSA) is 55.4 Å². The number of carbonyl (C=O) groups is 2. The van der Waals surface area contributed by atoms with Gasteiger partial charge >= 0.3 is 5.97 Å². The first-order chi connectivity index (χ1) is 9.69. The molecule has 1 aromatic rings. The lowest BCUT2D eigenvalue weighted by atomic mass is 9.98. The lowest BCUT2D eigenvalue weighted by molar-refractivity contribution is -0.117.